The summed E-state index contributed by atoms with van der Waals surface area (Å²) in [5.74, 6) is 1.59. The van der Waals surface area contributed by atoms with E-state index in [1.165, 1.54) is 0 Å². The van der Waals surface area contributed by atoms with Gasteiger partial charge in [0.15, 0.2) is 5.65 Å². The molecule has 3 aromatic heterocycles. The zero-order valence-electron chi connectivity index (χ0n) is 10.8. The van der Waals surface area contributed by atoms with Crippen molar-refractivity contribution < 1.29 is 4.74 Å². The zero-order chi connectivity index (χ0) is 13.9. The molecule has 20 heavy (non-hydrogen) atoms. The van der Waals surface area contributed by atoms with Crippen molar-refractivity contribution in [1.82, 2.24) is 24.7 Å². The van der Waals surface area contributed by atoms with Crippen LogP contribution in [0.4, 0.5) is 0 Å². The summed E-state index contributed by atoms with van der Waals surface area (Å²) in [6, 6.07) is 7.39. The lowest BCUT2D eigenvalue weighted by Crippen LogP contribution is -2.06. The predicted molar refractivity (Wildman–Crippen MR) is 74.8 cm³/mol. The van der Waals surface area contributed by atoms with Crippen LogP contribution in [0.2, 0.25) is 0 Å². The van der Waals surface area contributed by atoms with E-state index in [4.69, 9.17) is 16.3 Å². The number of methoxy groups -OCH3 is 1. The third-order valence-electron chi connectivity index (χ3n) is 2.92. The molecule has 0 N–H and O–H groups in total. The normalized spacial score (nSPS) is 10.9. The van der Waals surface area contributed by atoms with Gasteiger partial charge in [0.1, 0.15) is 11.3 Å². The summed E-state index contributed by atoms with van der Waals surface area (Å²) in [5, 5.41) is 7.95. The molecule has 0 aromatic carbocycles. The van der Waals surface area contributed by atoms with Gasteiger partial charge in [-0.15, -0.1) is 11.6 Å². The van der Waals surface area contributed by atoms with Crippen molar-refractivity contribution >= 4 is 22.8 Å². The number of fused-ring (bicyclic) bond motifs is 1. The molecule has 0 radical (unpaired) electrons. The Morgan fingerprint density at radius 2 is 2.15 bits per heavy atom. The fourth-order valence-corrected chi connectivity index (χ4v) is 2.20. The number of alkyl halides is 1. The van der Waals surface area contributed by atoms with Crippen LogP contribution in [0.3, 0.4) is 0 Å². The van der Waals surface area contributed by atoms with Gasteiger partial charge in [-0.3, -0.25) is 0 Å². The highest BCUT2D eigenvalue weighted by Crippen LogP contribution is 2.20. The molecule has 0 fully saturated rings. The van der Waals surface area contributed by atoms with Crippen LogP contribution in [0.1, 0.15) is 11.5 Å². The predicted octanol–water partition coefficient (Wildman–Crippen LogP) is 2.02. The quantitative estimate of drug-likeness (QED) is 0.688. The van der Waals surface area contributed by atoms with Crippen LogP contribution in [-0.2, 0) is 12.4 Å². The first-order chi connectivity index (χ1) is 9.81. The van der Waals surface area contributed by atoms with E-state index in [0.717, 1.165) is 22.7 Å². The van der Waals surface area contributed by atoms with Crippen molar-refractivity contribution in [2.45, 2.75) is 12.4 Å². The Labute approximate surface area is 120 Å². The number of hydrogen-bond acceptors (Lipinski definition) is 5. The van der Waals surface area contributed by atoms with Gasteiger partial charge in [-0.2, -0.15) is 15.2 Å². The Balaban J connectivity index is 2.11. The summed E-state index contributed by atoms with van der Waals surface area (Å²) in [6.45, 7) is 0.520. The maximum atomic E-state index is 5.97. The number of hydrogen-bond donors (Lipinski definition) is 0. The first-order valence-corrected chi connectivity index (χ1v) is 6.58. The van der Waals surface area contributed by atoms with Gasteiger partial charge < -0.3 is 9.30 Å². The van der Waals surface area contributed by atoms with Gasteiger partial charge in [-0.25, -0.2) is 4.98 Å². The molecule has 0 saturated carbocycles. The van der Waals surface area contributed by atoms with Crippen molar-refractivity contribution in [3.63, 3.8) is 0 Å². The monoisotopic (exact) mass is 289 g/mol. The summed E-state index contributed by atoms with van der Waals surface area (Å²) in [7, 11) is 1.58. The molecular weight excluding hydrogens is 278 g/mol. The molecule has 7 heteroatoms. The minimum atomic E-state index is 0.305. The second kappa shape index (κ2) is 5.42. The average molecular weight is 290 g/mol. The Bertz CT molecular complexity index is 728. The number of pyridine rings is 1. The summed E-state index contributed by atoms with van der Waals surface area (Å²) in [4.78, 5) is 8.90. The van der Waals surface area contributed by atoms with E-state index in [2.05, 4.69) is 20.2 Å². The van der Waals surface area contributed by atoms with E-state index in [1.807, 2.05) is 22.8 Å². The fraction of sp³-hybridized carbons (Fsp3) is 0.231. The number of rotatable bonds is 4. The molecule has 0 atom stereocenters. The number of imidazole rings is 1. The summed E-state index contributed by atoms with van der Waals surface area (Å²) < 4.78 is 7.08. The van der Waals surface area contributed by atoms with Crippen LogP contribution in [-0.4, -0.2) is 31.8 Å². The first-order valence-electron chi connectivity index (χ1n) is 6.04. The van der Waals surface area contributed by atoms with Crippen LogP contribution in [0, 0.1) is 0 Å². The lowest BCUT2D eigenvalue weighted by Gasteiger charge is -2.06. The Hall–Kier alpha value is -2.21. The van der Waals surface area contributed by atoms with E-state index in [0.29, 0.717) is 18.3 Å². The van der Waals surface area contributed by atoms with Gasteiger partial charge in [-0.1, -0.05) is 0 Å². The average Bonchev–Trinajstić information content (AvgIpc) is 2.85. The molecule has 0 aliphatic heterocycles. The van der Waals surface area contributed by atoms with Gasteiger partial charge in [0.25, 0.3) is 0 Å². The molecule has 102 valence electrons. The molecule has 0 aliphatic carbocycles. The standard InChI is InChI=1S/C13H12ClN5O/c1-20-12-5-4-10-13(17-12)19(11(7-14)16-10)8-9-3-2-6-15-18-9/h2-6H,7-8H2,1H3. The van der Waals surface area contributed by atoms with E-state index in [1.54, 1.807) is 19.4 Å². The molecule has 3 heterocycles. The van der Waals surface area contributed by atoms with Crippen LogP contribution in [0.5, 0.6) is 5.88 Å². The van der Waals surface area contributed by atoms with Crippen molar-refractivity contribution in [2.24, 2.45) is 0 Å². The topological polar surface area (TPSA) is 65.7 Å². The van der Waals surface area contributed by atoms with Crippen molar-refractivity contribution in [3.05, 3.63) is 42.0 Å². The Morgan fingerprint density at radius 1 is 1.25 bits per heavy atom. The second-order valence-electron chi connectivity index (χ2n) is 4.16. The second-order valence-corrected chi connectivity index (χ2v) is 4.43. The molecule has 0 spiro atoms. The maximum absolute atomic E-state index is 5.97. The molecule has 0 unspecified atom stereocenters. The molecule has 0 amide bonds. The summed E-state index contributed by atoms with van der Waals surface area (Å²) in [5.41, 5.74) is 2.33. The Kier molecular flexibility index (Phi) is 3.47. The summed E-state index contributed by atoms with van der Waals surface area (Å²) in [6.07, 6.45) is 1.64. The Morgan fingerprint density at radius 3 is 2.85 bits per heavy atom. The van der Waals surface area contributed by atoms with Crippen LogP contribution >= 0.6 is 11.6 Å². The number of halogens is 1. The molecule has 0 aliphatic rings. The lowest BCUT2D eigenvalue weighted by atomic mass is 10.3. The number of nitrogens with zero attached hydrogens (tertiary/aromatic N) is 5. The molecule has 6 nitrogen and oxygen atoms in total. The highest BCUT2D eigenvalue weighted by Gasteiger charge is 2.13. The molecule has 3 rings (SSSR count). The van der Waals surface area contributed by atoms with Gasteiger partial charge in [-0.05, 0) is 18.2 Å². The minimum Gasteiger partial charge on any atom is -0.481 e. The number of aromatic nitrogens is 5. The van der Waals surface area contributed by atoms with Gasteiger partial charge in [0.05, 0.1) is 25.2 Å². The van der Waals surface area contributed by atoms with Crippen LogP contribution < -0.4 is 4.74 Å². The molecular formula is C13H12ClN5O. The van der Waals surface area contributed by atoms with E-state index in [9.17, 15) is 0 Å². The van der Waals surface area contributed by atoms with Gasteiger partial charge in [0.2, 0.25) is 5.88 Å². The first kappa shape index (κ1) is 12.8. The largest absolute Gasteiger partial charge is 0.481 e. The fourth-order valence-electron chi connectivity index (χ4n) is 1.99. The summed E-state index contributed by atoms with van der Waals surface area (Å²) >= 11 is 5.97. The third kappa shape index (κ3) is 2.30. The third-order valence-corrected chi connectivity index (χ3v) is 3.16. The smallest absolute Gasteiger partial charge is 0.215 e. The molecule has 0 bridgehead atoms. The lowest BCUT2D eigenvalue weighted by molar-refractivity contribution is 0.399. The van der Waals surface area contributed by atoms with E-state index < -0.39 is 0 Å². The van der Waals surface area contributed by atoms with Crippen molar-refractivity contribution in [2.75, 3.05) is 7.11 Å². The van der Waals surface area contributed by atoms with E-state index >= 15 is 0 Å². The highest BCUT2D eigenvalue weighted by molar-refractivity contribution is 6.16. The minimum absolute atomic E-state index is 0.305. The molecule has 3 aromatic rings. The van der Waals surface area contributed by atoms with Crippen molar-refractivity contribution in [3.8, 4) is 5.88 Å². The van der Waals surface area contributed by atoms with Gasteiger partial charge >= 0.3 is 0 Å². The van der Waals surface area contributed by atoms with E-state index in [-0.39, 0.29) is 0 Å². The number of ether oxygens (including phenoxy) is 1. The van der Waals surface area contributed by atoms with Crippen LogP contribution in [0.25, 0.3) is 11.2 Å². The highest BCUT2D eigenvalue weighted by atomic mass is 35.5. The van der Waals surface area contributed by atoms with Crippen molar-refractivity contribution in [1.29, 1.82) is 0 Å². The molecule has 0 saturated heterocycles. The van der Waals surface area contributed by atoms with Gasteiger partial charge in [0, 0.05) is 12.3 Å². The SMILES string of the molecule is COc1ccc2nc(CCl)n(Cc3cccnn3)c2n1. The zero-order valence-corrected chi connectivity index (χ0v) is 11.6. The van der Waals surface area contributed by atoms with Crippen LogP contribution in [0.15, 0.2) is 30.5 Å². The maximum Gasteiger partial charge on any atom is 0.215 e.